The minimum absolute atomic E-state index is 0.0410. The van der Waals surface area contributed by atoms with Gasteiger partial charge in [0.1, 0.15) is 11.9 Å². The van der Waals surface area contributed by atoms with Crippen LogP contribution in [-0.2, 0) is 16.1 Å². The van der Waals surface area contributed by atoms with Gasteiger partial charge in [0.25, 0.3) is 0 Å². The topological polar surface area (TPSA) is 68.2 Å². The third kappa shape index (κ3) is 4.45. The van der Waals surface area contributed by atoms with Crippen LogP contribution >= 0.6 is 0 Å². The predicted molar refractivity (Wildman–Crippen MR) is 105 cm³/mol. The van der Waals surface area contributed by atoms with Gasteiger partial charge in [-0.1, -0.05) is 0 Å². The van der Waals surface area contributed by atoms with Gasteiger partial charge in [-0.2, -0.15) is 0 Å². The maximum atomic E-state index is 14.0. The van der Waals surface area contributed by atoms with E-state index in [1.807, 2.05) is 19.9 Å². The van der Waals surface area contributed by atoms with Crippen molar-refractivity contribution in [2.45, 2.75) is 58.4 Å². The number of rotatable bonds is 4. The van der Waals surface area contributed by atoms with Crippen LogP contribution in [0.3, 0.4) is 0 Å². The monoisotopic (exact) mass is 398 g/mol. The van der Waals surface area contributed by atoms with Crippen LogP contribution in [0.15, 0.2) is 24.7 Å². The lowest BCUT2D eigenvalue weighted by Crippen LogP contribution is -2.37. The van der Waals surface area contributed by atoms with Crippen LogP contribution < -0.4 is 0 Å². The first-order valence-corrected chi connectivity index (χ1v) is 10.4. The zero-order chi connectivity index (χ0) is 20.4. The quantitative estimate of drug-likeness (QED) is 0.782. The molecule has 2 aromatic rings. The second-order valence-corrected chi connectivity index (χ2v) is 8.22. The molecule has 6 nitrogen and oxygen atoms in total. The molecular weight excluding hydrogens is 371 g/mol. The first kappa shape index (κ1) is 19.9. The van der Waals surface area contributed by atoms with Gasteiger partial charge in [0.15, 0.2) is 0 Å². The first-order chi connectivity index (χ1) is 14.0. The van der Waals surface area contributed by atoms with Crippen molar-refractivity contribution in [1.29, 1.82) is 0 Å². The second-order valence-electron chi connectivity index (χ2n) is 8.22. The molecule has 1 saturated heterocycles. The van der Waals surface area contributed by atoms with Gasteiger partial charge >= 0.3 is 0 Å². The van der Waals surface area contributed by atoms with Crippen molar-refractivity contribution in [3.63, 3.8) is 0 Å². The number of hydrogen-bond acceptors (Lipinski definition) is 5. The van der Waals surface area contributed by atoms with Crippen molar-refractivity contribution in [1.82, 2.24) is 20.0 Å². The number of nitrogens with zero attached hydrogens (tertiary/aromatic N) is 4. The molecule has 0 aromatic carbocycles. The van der Waals surface area contributed by atoms with Gasteiger partial charge in [0.05, 0.1) is 30.4 Å². The summed E-state index contributed by atoms with van der Waals surface area (Å²) in [6.07, 6.45) is 9.65. The number of pyridine rings is 1. The molecule has 3 heterocycles. The predicted octanol–water partition coefficient (Wildman–Crippen LogP) is 3.88. The summed E-state index contributed by atoms with van der Waals surface area (Å²) >= 11 is 0. The Morgan fingerprint density at radius 1 is 1.07 bits per heavy atom. The van der Waals surface area contributed by atoms with E-state index in [4.69, 9.17) is 4.84 Å². The summed E-state index contributed by atoms with van der Waals surface area (Å²) in [6, 6.07) is 1.67. The highest BCUT2D eigenvalue weighted by molar-refractivity contribution is 5.78. The summed E-state index contributed by atoms with van der Waals surface area (Å²) in [4.78, 5) is 31.5. The highest BCUT2D eigenvalue weighted by atomic mass is 19.1. The van der Waals surface area contributed by atoms with Gasteiger partial charge in [-0.3, -0.25) is 24.6 Å². The van der Waals surface area contributed by atoms with Crippen molar-refractivity contribution >= 4 is 5.91 Å². The Bertz CT molecular complexity index is 866. The fourth-order valence-corrected chi connectivity index (χ4v) is 4.39. The van der Waals surface area contributed by atoms with E-state index in [1.54, 1.807) is 12.4 Å². The van der Waals surface area contributed by atoms with Crippen molar-refractivity contribution in [2.24, 2.45) is 11.8 Å². The largest absolute Gasteiger partial charge is 0.272 e. The molecule has 154 valence electrons. The van der Waals surface area contributed by atoms with E-state index in [0.29, 0.717) is 18.9 Å². The van der Waals surface area contributed by atoms with E-state index < -0.39 is 0 Å². The van der Waals surface area contributed by atoms with Gasteiger partial charge in [-0.15, -0.1) is 0 Å². The number of carbonyl (C=O) groups is 1. The fourth-order valence-electron chi connectivity index (χ4n) is 4.39. The summed E-state index contributed by atoms with van der Waals surface area (Å²) in [5.41, 5.74) is 3.19. The minimum Gasteiger partial charge on any atom is -0.272 e. The second kappa shape index (κ2) is 8.53. The average Bonchev–Trinajstić information content (AvgIpc) is 3.21. The fraction of sp³-hybridized carbons (Fsp3) is 0.545. The summed E-state index contributed by atoms with van der Waals surface area (Å²) in [6.45, 7) is 4.29. The highest BCUT2D eigenvalue weighted by Crippen LogP contribution is 2.36. The molecule has 1 saturated carbocycles. The molecule has 1 atom stereocenters. The Morgan fingerprint density at radius 2 is 1.83 bits per heavy atom. The van der Waals surface area contributed by atoms with Gasteiger partial charge in [0, 0.05) is 24.2 Å². The zero-order valence-electron chi connectivity index (χ0n) is 17.0. The smallest absolute Gasteiger partial charge is 0.249 e. The van der Waals surface area contributed by atoms with E-state index in [1.165, 1.54) is 11.3 Å². The molecule has 0 N–H and O–H groups in total. The number of carbonyl (C=O) groups excluding carboxylic acids is 1. The lowest BCUT2D eigenvalue weighted by Gasteiger charge is -2.31. The Labute approximate surface area is 170 Å². The lowest BCUT2D eigenvalue weighted by molar-refractivity contribution is -0.183. The van der Waals surface area contributed by atoms with E-state index in [2.05, 4.69) is 15.0 Å². The molecule has 2 aliphatic rings. The van der Waals surface area contributed by atoms with E-state index in [-0.39, 0.29) is 23.7 Å². The van der Waals surface area contributed by atoms with Gasteiger partial charge in [0.2, 0.25) is 5.91 Å². The molecule has 1 amide bonds. The molecule has 0 bridgehead atoms. The Morgan fingerprint density at radius 3 is 2.55 bits per heavy atom. The standard InChI is InChI=1S/C22H27FN4O2/c1-14-9-18(19(23)12-24-14)10-16-3-5-17(6-4-16)22(28)27-21(7-8-29-27)20-13-25-15(2)11-26-20/h9,11-13,16-17,21H,3-8,10H2,1-2H3/t16-,17-,21-/m0/s1. The molecule has 7 heteroatoms. The number of aryl methyl sites for hydroxylation is 2. The van der Waals surface area contributed by atoms with Crippen LogP contribution in [-0.4, -0.2) is 32.5 Å². The number of hydroxylamine groups is 2. The van der Waals surface area contributed by atoms with Crippen LogP contribution in [0.1, 0.15) is 60.8 Å². The summed E-state index contributed by atoms with van der Waals surface area (Å²) < 4.78 is 14.0. The molecule has 29 heavy (non-hydrogen) atoms. The SMILES string of the molecule is Cc1cnc([C@@H]2CCON2C(=O)[C@H]2CC[C@H](Cc3cc(C)ncc3F)CC2)cn1. The summed E-state index contributed by atoms with van der Waals surface area (Å²) in [7, 11) is 0. The van der Waals surface area contributed by atoms with Gasteiger partial charge in [-0.25, -0.2) is 9.45 Å². The molecule has 0 radical (unpaired) electrons. The Kier molecular flexibility index (Phi) is 5.85. The highest BCUT2D eigenvalue weighted by Gasteiger charge is 2.38. The lowest BCUT2D eigenvalue weighted by atomic mass is 9.78. The Balaban J connectivity index is 1.36. The van der Waals surface area contributed by atoms with Crippen LogP contribution in [0.4, 0.5) is 4.39 Å². The Hall–Kier alpha value is -2.41. The molecule has 0 spiro atoms. The van der Waals surface area contributed by atoms with Gasteiger partial charge in [-0.05, 0) is 63.5 Å². The summed E-state index contributed by atoms with van der Waals surface area (Å²) in [5.74, 6) is 0.156. The van der Waals surface area contributed by atoms with E-state index in [0.717, 1.165) is 54.7 Å². The maximum absolute atomic E-state index is 14.0. The van der Waals surface area contributed by atoms with Crippen LogP contribution in [0, 0.1) is 31.5 Å². The third-order valence-electron chi connectivity index (χ3n) is 6.04. The van der Waals surface area contributed by atoms with E-state index in [9.17, 15) is 9.18 Å². The van der Waals surface area contributed by atoms with E-state index >= 15 is 0 Å². The molecular formula is C22H27FN4O2. The van der Waals surface area contributed by atoms with Crippen LogP contribution in [0.5, 0.6) is 0 Å². The molecule has 0 unspecified atom stereocenters. The van der Waals surface area contributed by atoms with Gasteiger partial charge < -0.3 is 0 Å². The normalized spacial score (nSPS) is 24.7. The molecule has 4 rings (SSSR count). The molecule has 2 aromatic heterocycles. The molecule has 2 fully saturated rings. The first-order valence-electron chi connectivity index (χ1n) is 10.4. The maximum Gasteiger partial charge on any atom is 0.249 e. The minimum atomic E-state index is -0.235. The number of halogens is 1. The number of aromatic nitrogens is 3. The average molecular weight is 398 g/mol. The number of amides is 1. The third-order valence-corrected chi connectivity index (χ3v) is 6.04. The van der Waals surface area contributed by atoms with Crippen molar-refractivity contribution in [3.8, 4) is 0 Å². The van der Waals surface area contributed by atoms with Crippen LogP contribution in [0.25, 0.3) is 0 Å². The van der Waals surface area contributed by atoms with Crippen molar-refractivity contribution in [3.05, 3.63) is 53.1 Å². The zero-order valence-corrected chi connectivity index (χ0v) is 17.0. The van der Waals surface area contributed by atoms with Crippen molar-refractivity contribution < 1.29 is 14.0 Å². The van der Waals surface area contributed by atoms with Crippen molar-refractivity contribution in [2.75, 3.05) is 6.61 Å². The van der Waals surface area contributed by atoms with Crippen LogP contribution in [0.2, 0.25) is 0 Å². The molecule has 1 aliphatic heterocycles. The molecule has 1 aliphatic carbocycles. The number of hydrogen-bond donors (Lipinski definition) is 0. The summed E-state index contributed by atoms with van der Waals surface area (Å²) in [5, 5.41) is 1.52.